The number of para-hydroxylation sites is 1. The third-order valence-electron chi connectivity index (χ3n) is 2.63. The zero-order valence-electron chi connectivity index (χ0n) is 9.89. The Bertz CT molecular complexity index is 554. The van der Waals surface area contributed by atoms with Gasteiger partial charge in [0.1, 0.15) is 5.82 Å². The molecule has 0 atom stereocenters. The van der Waals surface area contributed by atoms with Gasteiger partial charge in [0.25, 0.3) is 5.91 Å². The molecule has 0 saturated heterocycles. The maximum absolute atomic E-state index is 13.3. The molecule has 0 aliphatic heterocycles. The van der Waals surface area contributed by atoms with E-state index in [2.05, 4.69) is 0 Å². The summed E-state index contributed by atoms with van der Waals surface area (Å²) >= 11 is 1.57. The predicted molar refractivity (Wildman–Crippen MR) is 70.9 cm³/mol. The van der Waals surface area contributed by atoms with Crippen molar-refractivity contribution in [3.8, 4) is 0 Å². The van der Waals surface area contributed by atoms with E-state index in [4.69, 9.17) is 5.73 Å². The minimum Gasteiger partial charge on any atom is -0.396 e. The third kappa shape index (κ3) is 2.51. The van der Waals surface area contributed by atoms with Crippen LogP contribution in [0.25, 0.3) is 0 Å². The van der Waals surface area contributed by atoms with E-state index in [1.54, 1.807) is 18.4 Å². The number of halogens is 1. The smallest absolute Gasteiger partial charge is 0.256 e. The van der Waals surface area contributed by atoms with Gasteiger partial charge in [0.05, 0.1) is 11.3 Å². The minimum absolute atomic E-state index is 0.0975. The summed E-state index contributed by atoms with van der Waals surface area (Å²) in [6.07, 6.45) is 0. The molecule has 2 N–H and O–H groups in total. The zero-order valence-corrected chi connectivity index (χ0v) is 10.7. The second-order valence-corrected chi connectivity index (χ2v) is 4.77. The Morgan fingerprint density at radius 1 is 1.44 bits per heavy atom. The SMILES string of the molecule is CN(Cc1ccsc1)C(=O)c1cccc(F)c1N. The van der Waals surface area contributed by atoms with Crippen LogP contribution in [-0.2, 0) is 6.54 Å². The van der Waals surface area contributed by atoms with Crippen molar-refractivity contribution in [2.24, 2.45) is 0 Å². The van der Waals surface area contributed by atoms with Gasteiger partial charge in [-0.05, 0) is 34.5 Å². The van der Waals surface area contributed by atoms with Gasteiger partial charge >= 0.3 is 0 Å². The summed E-state index contributed by atoms with van der Waals surface area (Å²) in [6.45, 7) is 0.484. The first-order valence-electron chi connectivity index (χ1n) is 5.40. The number of hydrogen-bond acceptors (Lipinski definition) is 3. The summed E-state index contributed by atoms with van der Waals surface area (Å²) in [7, 11) is 1.67. The molecule has 0 fully saturated rings. The summed E-state index contributed by atoms with van der Waals surface area (Å²) in [6, 6.07) is 6.20. The Morgan fingerprint density at radius 3 is 2.89 bits per heavy atom. The Morgan fingerprint density at radius 2 is 2.22 bits per heavy atom. The number of rotatable bonds is 3. The molecule has 0 saturated carbocycles. The van der Waals surface area contributed by atoms with Gasteiger partial charge in [0.15, 0.2) is 0 Å². The van der Waals surface area contributed by atoms with Gasteiger partial charge in [0.2, 0.25) is 0 Å². The van der Waals surface area contributed by atoms with Crippen molar-refractivity contribution in [2.75, 3.05) is 12.8 Å². The van der Waals surface area contributed by atoms with Gasteiger partial charge in [-0.25, -0.2) is 4.39 Å². The van der Waals surface area contributed by atoms with Crippen LogP contribution in [0.5, 0.6) is 0 Å². The highest BCUT2D eigenvalue weighted by Crippen LogP contribution is 2.18. The van der Waals surface area contributed by atoms with Crippen LogP contribution in [0.15, 0.2) is 35.0 Å². The van der Waals surface area contributed by atoms with Crippen molar-refractivity contribution in [3.63, 3.8) is 0 Å². The van der Waals surface area contributed by atoms with E-state index in [0.29, 0.717) is 6.54 Å². The van der Waals surface area contributed by atoms with Crippen molar-refractivity contribution in [3.05, 3.63) is 52.0 Å². The summed E-state index contributed by atoms with van der Waals surface area (Å²) in [5, 5.41) is 3.92. The number of thiophene rings is 1. The Balaban J connectivity index is 2.18. The molecular formula is C13H13FN2OS. The lowest BCUT2D eigenvalue weighted by Gasteiger charge is -2.17. The van der Waals surface area contributed by atoms with E-state index in [0.717, 1.165) is 5.56 Å². The van der Waals surface area contributed by atoms with Crippen molar-refractivity contribution in [1.82, 2.24) is 4.90 Å². The lowest BCUT2D eigenvalue weighted by Crippen LogP contribution is -2.27. The Labute approximate surface area is 109 Å². The van der Waals surface area contributed by atoms with Crippen molar-refractivity contribution < 1.29 is 9.18 Å². The molecule has 3 nitrogen and oxygen atoms in total. The van der Waals surface area contributed by atoms with Crippen LogP contribution in [0.2, 0.25) is 0 Å². The summed E-state index contributed by atoms with van der Waals surface area (Å²) in [4.78, 5) is 13.6. The van der Waals surface area contributed by atoms with Gasteiger partial charge in [-0.2, -0.15) is 11.3 Å². The number of nitrogens with two attached hydrogens (primary N) is 1. The lowest BCUT2D eigenvalue weighted by molar-refractivity contribution is 0.0786. The van der Waals surface area contributed by atoms with E-state index < -0.39 is 5.82 Å². The number of benzene rings is 1. The van der Waals surface area contributed by atoms with E-state index >= 15 is 0 Å². The second kappa shape index (κ2) is 5.18. The maximum Gasteiger partial charge on any atom is 0.256 e. The second-order valence-electron chi connectivity index (χ2n) is 3.99. The van der Waals surface area contributed by atoms with Crippen LogP contribution in [0, 0.1) is 5.82 Å². The molecule has 1 heterocycles. The monoisotopic (exact) mass is 264 g/mol. The molecule has 1 aromatic carbocycles. The highest BCUT2D eigenvalue weighted by molar-refractivity contribution is 7.07. The van der Waals surface area contributed by atoms with Crippen LogP contribution in [0.4, 0.5) is 10.1 Å². The van der Waals surface area contributed by atoms with E-state index in [9.17, 15) is 9.18 Å². The first-order valence-corrected chi connectivity index (χ1v) is 6.34. The molecule has 1 amide bonds. The molecule has 2 rings (SSSR count). The average molecular weight is 264 g/mol. The van der Waals surface area contributed by atoms with Crippen molar-refractivity contribution in [1.29, 1.82) is 0 Å². The molecule has 0 aliphatic carbocycles. The fourth-order valence-electron chi connectivity index (χ4n) is 1.66. The molecule has 0 radical (unpaired) electrons. The first-order chi connectivity index (χ1) is 8.59. The fraction of sp³-hybridized carbons (Fsp3) is 0.154. The molecule has 0 bridgehead atoms. The van der Waals surface area contributed by atoms with Gasteiger partial charge in [0, 0.05) is 13.6 Å². The number of anilines is 1. The topological polar surface area (TPSA) is 46.3 Å². The number of nitrogen functional groups attached to an aromatic ring is 1. The molecular weight excluding hydrogens is 251 g/mol. The highest BCUT2D eigenvalue weighted by atomic mass is 32.1. The minimum atomic E-state index is -0.565. The molecule has 2 aromatic rings. The summed E-state index contributed by atoms with van der Waals surface area (Å²) in [5.41, 5.74) is 6.73. The van der Waals surface area contributed by atoms with Crippen LogP contribution in [-0.4, -0.2) is 17.9 Å². The number of carbonyl (C=O) groups excluding carboxylic acids is 1. The van der Waals surface area contributed by atoms with Gasteiger partial charge in [-0.1, -0.05) is 6.07 Å². The van der Waals surface area contributed by atoms with Crippen LogP contribution in [0.1, 0.15) is 15.9 Å². The maximum atomic E-state index is 13.3. The quantitative estimate of drug-likeness (QED) is 0.866. The molecule has 0 unspecified atom stereocenters. The average Bonchev–Trinajstić information content (AvgIpc) is 2.84. The molecule has 94 valence electrons. The summed E-state index contributed by atoms with van der Waals surface area (Å²) in [5.74, 6) is -0.844. The summed E-state index contributed by atoms with van der Waals surface area (Å²) < 4.78 is 13.3. The number of amides is 1. The number of nitrogens with zero attached hydrogens (tertiary/aromatic N) is 1. The predicted octanol–water partition coefficient (Wildman–Crippen LogP) is 2.74. The van der Waals surface area contributed by atoms with Gasteiger partial charge in [-0.15, -0.1) is 0 Å². The molecule has 0 spiro atoms. The number of hydrogen-bond donors (Lipinski definition) is 1. The van der Waals surface area contributed by atoms with Crippen LogP contribution < -0.4 is 5.73 Å². The first kappa shape index (κ1) is 12.6. The van der Waals surface area contributed by atoms with E-state index in [1.165, 1.54) is 23.1 Å². The normalized spacial score (nSPS) is 10.3. The lowest BCUT2D eigenvalue weighted by atomic mass is 10.1. The largest absolute Gasteiger partial charge is 0.396 e. The molecule has 1 aromatic heterocycles. The van der Waals surface area contributed by atoms with Gasteiger partial charge < -0.3 is 10.6 Å². The number of carbonyl (C=O) groups is 1. The third-order valence-corrected chi connectivity index (χ3v) is 3.36. The highest BCUT2D eigenvalue weighted by Gasteiger charge is 2.16. The molecule has 5 heteroatoms. The molecule has 18 heavy (non-hydrogen) atoms. The standard InChI is InChI=1S/C13H13FN2OS/c1-16(7-9-5-6-18-8-9)13(17)10-3-2-4-11(14)12(10)15/h2-6,8H,7,15H2,1H3. The van der Waals surface area contributed by atoms with Crippen LogP contribution >= 0.6 is 11.3 Å². The van der Waals surface area contributed by atoms with Gasteiger partial charge in [-0.3, -0.25) is 4.79 Å². The Kier molecular flexibility index (Phi) is 3.62. The zero-order chi connectivity index (χ0) is 13.1. The van der Waals surface area contributed by atoms with Crippen molar-refractivity contribution >= 4 is 22.9 Å². The molecule has 0 aliphatic rings. The van der Waals surface area contributed by atoms with Crippen LogP contribution in [0.3, 0.4) is 0 Å². The van der Waals surface area contributed by atoms with Crippen molar-refractivity contribution in [2.45, 2.75) is 6.54 Å². The fourth-order valence-corrected chi connectivity index (χ4v) is 2.32. The van der Waals surface area contributed by atoms with E-state index in [1.807, 2.05) is 16.8 Å². The Hall–Kier alpha value is -1.88. The van der Waals surface area contributed by atoms with E-state index in [-0.39, 0.29) is 17.2 Å².